The number of halogens is 3. The molecule has 1 aromatic rings. The van der Waals surface area contributed by atoms with Crippen LogP contribution in [0.15, 0.2) is 23.2 Å². The summed E-state index contributed by atoms with van der Waals surface area (Å²) in [7, 11) is 1.73. The Labute approximate surface area is 193 Å². The van der Waals surface area contributed by atoms with Crippen LogP contribution in [-0.4, -0.2) is 85.5 Å². The van der Waals surface area contributed by atoms with Gasteiger partial charge in [-0.1, -0.05) is 6.07 Å². The number of carbonyl (C=O) groups is 1. The molecule has 0 bridgehead atoms. The van der Waals surface area contributed by atoms with Crippen molar-refractivity contribution in [3.8, 4) is 0 Å². The van der Waals surface area contributed by atoms with Crippen molar-refractivity contribution in [3.63, 3.8) is 0 Å². The van der Waals surface area contributed by atoms with Crippen molar-refractivity contribution in [2.75, 3.05) is 52.9 Å². The lowest BCUT2D eigenvalue weighted by atomic mass is 10.1. The van der Waals surface area contributed by atoms with E-state index in [1.807, 2.05) is 4.90 Å². The van der Waals surface area contributed by atoms with Gasteiger partial charge in [-0.05, 0) is 31.4 Å². The predicted octanol–water partition coefficient (Wildman–Crippen LogP) is 2.25. The van der Waals surface area contributed by atoms with Crippen molar-refractivity contribution in [1.82, 2.24) is 20.0 Å². The maximum absolute atomic E-state index is 14.0. The number of guanidine groups is 1. The smallest absolute Gasteiger partial charge is 0.236 e. The molecule has 0 spiro atoms. The Balaban J connectivity index is 0.00000256. The first-order chi connectivity index (χ1) is 14.1. The molecule has 6 nitrogen and oxygen atoms in total. The lowest BCUT2D eigenvalue weighted by Crippen LogP contribution is -2.54. The second kappa shape index (κ2) is 10.2. The lowest BCUT2D eigenvalue weighted by Gasteiger charge is -2.36. The van der Waals surface area contributed by atoms with Crippen molar-refractivity contribution >= 4 is 35.8 Å². The molecule has 3 fully saturated rings. The summed E-state index contributed by atoms with van der Waals surface area (Å²) < 4.78 is 28.0. The molecule has 2 atom stereocenters. The average molecular weight is 533 g/mol. The predicted molar refractivity (Wildman–Crippen MR) is 123 cm³/mol. The van der Waals surface area contributed by atoms with E-state index in [0.717, 1.165) is 58.1 Å². The summed E-state index contributed by atoms with van der Waals surface area (Å²) in [4.78, 5) is 23.0. The molecule has 2 unspecified atom stereocenters. The van der Waals surface area contributed by atoms with Crippen molar-refractivity contribution in [2.24, 2.45) is 4.99 Å². The summed E-state index contributed by atoms with van der Waals surface area (Å²) in [5, 5.41) is 3.36. The SMILES string of the molecule is CN=C(NC1CC1c1c(F)cccc1F)N1CCN(CC(=O)N2CCCC2)CC1.I. The molecule has 0 aromatic heterocycles. The molecule has 1 N–H and O–H groups in total. The molecular formula is C21H30F2IN5O. The Morgan fingerprint density at radius 3 is 2.30 bits per heavy atom. The first-order valence-corrected chi connectivity index (χ1v) is 10.5. The lowest BCUT2D eigenvalue weighted by molar-refractivity contribution is -0.131. The molecule has 4 rings (SSSR count). The Hall–Kier alpha value is -1.49. The van der Waals surface area contributed by atoms with Crippen LogP contribution in [0.1, 0.15) is 30.7 Å². The molecule has 1 amide bonds. The number of nitrogens with one attached hydrogen (secondary N) is 1. The summed E-state index contributed by atoms with van der Waals surface area (Å²) in [6, 6.07) is 4.01. The maximum Gasteiger partial charge on any atom is 0.236 e. The molecule has 9 heteroatoms. The third kappa shape index (κ3) is 5.22. The highest BCUT2D eigenvalue weighted by Crippen LogP contribution is 2.43. The monoisotopic (exact) mass is 533 g/mol. The number of carbonyl (C=O) groups excluding carboxylic acids is 1. The van der Waals surface area contributed by atoms with Crippen molar-refractivity contribution in [3.05, 3.63) is 35.4 Å². The van der Waals surface area contributed by atoms with Gasteiger partial charge >= 0.3 is 0 Å². The van der Waals surface area contributed by atoms with Crippen LogP contribution in [0, 0.1) is 11.6 Å². The van der Waals surface area contributed by atoms with Crippen LogP contribution in [0.25, 0.3) is 0 Å². The fourth-order valence-electron chi connectivity index (χ4n) is 4.38. The topological polar surface area (TPSA) is 51.2 Å². The first-order valence-electron chi connectivity index (χ1n) is 10.5. The minimum absolute atomic E-state index is 0. The highest BCUT2D eigenvalue weighted by molar-refractivity contribution is 14.0. The van der Waals surface area contributed by atoms with E-state index in [-0.39, 0.29) is 47.4 Å². The second-order valence-corrected chi connectivity index (χ2v) is 8.13. The molecule has 30 heavy (non-hydrogen) atoms. The van der Waals surface area contributed by atoms with E-state index in [1.165, 1.54) is 18.2 Å². The number of piperazine rings is 1. The van der Waals surface area contributed by atoms with E-state index >= 15 is 0 Å². The molecule has 2 heterocycles. The zero-order valence-electron chi connectivity index (χ0n) is 17.3. The van der Waals surface area contributed by atoms with E-state index < -0.39 is 11.6 Å². The van der Waals surface area contributed by atoms with Crippen LogP contribution in [0.4, 0.5) is 8.78 Å². The molecule has 1 saturated carbocycles. The van der Waals surface area contributed by atoms with Gasteiger partial charge < -0.3 is 15.1 Å². The van der Waals surface area contributed by atoms with Crippen LogP contribution in [0.3, 0.4) is 0 Å². The van der Waals surface area contributed by atoms with Gasteiger partial charge in [0, 0.05) is 63.8 Å². The van der Waals surface area contributed by atoms with Gasteiger partial charge in [-0.15, -0.1) is 24.0 Å². The highest BCUT2D eigenvalue weighted by Gasteiger charge is 2.43. The zero-order chi connectivity index (χ0) is 20.4. The van der Waals surface area contributed by atoms with Crippen LogP contribution in [0.2, 0.25) is 0 Å². The Morgan fingerprint density at radius 1 is 1.07 bits per heavy atom. The van der Waals surface area contributed by atoms with Crippen LogP contribution >= 0.6 is 24.0 Å². The van der Waals surface area contributed by atoms with Gasteiger partial charge in [-0.25, -0.2) is 8.78 Å². The number of hydrogen-bond donors (Lipinski definition) is 1. The molecule has 2 aliphatic heterocycles. The van der Waals surface area contributed by atoms with Crippen molar-refractivity contribution in [2.45, 2.75) is 31.2 Å². The number of benzene rings is 1. The largest absolute Gasteiger partial charge is 0.353 e. The van der Waals surface area contributed by atoms with Gasteiger partial charge in [-0.2, -0.15) is 0 Å². The van der Waals surface area contributed by atoms with E-state index in [0.29, 0.717) is 13.0 Å². The van der Waals surface area contributed by atoms with E-state index in [4.69, 9.17) is 0 Å². The minimum atomic E-state index is -0.481. The summed E-state index contributed by atoms with van der Waals surface area (Å²) >= 11 is 0. The van der Waals surface area contributed by atoms with Gasteiger partial charge in [0.2, 0.25) is 5.91 Å². The Morgan fingerprint density at radius 2 is 1.70 bits per heavy atom. The molecule has 1 aromatic carbocycles. The van der Waals surface area contributed by atoms with Gasteiger partial charge in [0.25, 0.3) is 0 Å². The molecule has 2 saturated heterocycles. The number of nitrogens with zero attached hydrogens (tertiary/aromatic N) is 4. The third-order valence-corrected chi connectivity index (χ3v) is 6.18. The maximum atomic E-state index is 14.0. The van der Waals surface area contributed by atoms with E-state index in [1.54, 1.807) is 7.05 Å². The third-order valence-electron chi connectivity index (χ3n) is 6.18. The van der Waals surface area contributed by atoms with Crippen LogP contribution in [-0.2, 0) is 4.79 Å². The fourth-order valence-corrected chi connectivity index (χ4v) is 4.38. The molecule has 0 radical (unpaired) electrons. The first kappa shape index (κ1) is 23.2. The second-order valence-electron chi connectivity index (χ2n) is 8.13. The van der Waals surface area contributed by atoms with Gasteiger partial charge in [0.1, 0.15) is 11.6 Å². The fraction of sp³-hybridized carbons (Fsp3) is 0.619. The standard InChI is InChI=1S/C21H29F2N5O.HI/c1-24-21(25-18-13-15(18)20-16(22)5-4-6-17(20)23)28-11-9-26(10-12-28)14-19(29)27-7-2-3-8-27;/h4-6,15,18H,2-3,7-14H2,1H3,(H,24,25);1H. The summed E-state index contributed by atoms with van der Waals surface area (Å²) in [6.07, 6.45) is 2.92. The van der Waals surface area contributed by atoms with E-state index in [2.05, 4.69) is 20.1 Å². The highest BCUT2D eigenvalue weighted by atomic mass is 127. The van der Waals surface area contributed by atoms with Crippen LogP contribution < -0.4 is 5.32 Å². The Kier molecular flexibility index (Phi) is 7.89. The van der Waals surface area contributed by atoms with Crippen LogP contribution in [0.5, 0.6) is 0 Å². The summed E-state index contributed by atoms with van der Waals surface area (Å²) in [6.45, 7) is 5.42. The van der Waals surface area contributed by atoms with Crippen molar-refractivity contribution < 1.29 is 13.6 Å². The molecular weight excluding hydrogens is 503 g/mol. The normalized spacial score (nSPS) is 24.6. The summed E-state index contributed by atoms with van der Waals surface area (Å²) in [5.41, 5.74) is 0.172. The Bertz CT molecular complexity index is 758. The molecule has 166 valence electrons. The minimum Gasteiger partial charge on any atom is -0.353 e. The summed E-state index contributed by atoms with van der Waals surface area (Å²) in [5.74, 6) is -0.130. The zero-order valence-corrected chi connectivity index (χ0v) is 19.6. The number of likely N-dealkylation sites (tertiary alicyclic amines) is 1. The number of hydrogen-bond acceptors (Lipinski definition) is 3. The number of rotatable bonds is 4. The van der Waals surface area contributed by atoms with Crippen molar-refractivity contribution in [1.29, 1.82) is 0 Å². The molecule has 1 aliphatic carbocycles. The van der Waals surface area contributed by atoms with E-state index in [9.17, 15) is 13.6 Å². The number of amides is 1. The van der Waals surface area contributed by atoms with Gasteiger partial charge in [-0.3, -0.25) is 14.7 Å². The van der Waals surface area contributed by atoms with Gasteiger partial charge in [0.15, 0.2) is 5.96 Å². The van der Waals surface area contributed by atoms with Gasteiger partial charge in [0.05, 0.1) is 6.54 Å². The average Bonchev–Trinajstić information content (AvgIpc) is 3.23. The number of aliphatic imine (C=N–C) groups is 1. The molecule has 3 aliphatic rings. The quantitative estimate of drug-likeness (QED) is 0.367.